The molecule has 0 atom stereocenters. The predicted molar refractivity (Wildman–Crippen MR) is 35.3 cm³/mol. The van der Waals surface area contributed by atoms with E-state index in [1.165, 1.54) is 0 Å². The van der Waals surface area contributed by atoms with Gasteiger partial charge in [-0.1, -0.05) is 6.92 Å². The van der Waals surface area contributed by atoms with E-state index in [2.05, 4.69) is 0 Å². The first kappa shape index (κ1) is 9.10. The third-order valence-electron chi connectivity index (χ3n) is 0.802. The van der Waals surface area contributed by atoms with Crippen LogP contribution in [0, 0.1) is 0 Å². The van der Waals surface area contributed by atoms with Crippen LogP contribution in [0.2, 0.25) is 0 Å². The summed E-state index contributed by atoms with van der Waals surface area (Å²) in [6, 6.07) is 0. The molecule has 0 aromatic heterocycles. The summed E-state index contributed by atoms with van der Waals surface area (Å²) in [6.45, 7) is 2.45. The quantitative estimate of drug-likeness (QED) is 0.426. The highest BCUT2D eigenvalue weighted by Crippen LogP contribution is 1.78. The Bertz CT molecular complexity index is 114. The van der Waals surface area contributed by atoms with Gasteiger partial charge in [0.1, 0.15) is 6.61 Å². The van der Waals surface area contributed by atoms with Gasteiger partial charge < -0.3 is 4.74 Å². The summed E-state index contributed by atoms with van der Waals surface area (Å²) in [5.74, 6) is -0.400. The highest BCUT2D eigenvalue weighted by molar-refractivity contribution is 5.86. The van der Waals surface area contributed by atoms with Crippen LogP contribution in [0.15, 0.2) is 0 Å². The number of carbonyl (C=O) groups excluding carboxylic acids is 2. The summed E-state index contributed by atoms with van der Waals surface area (Å²) in [5, 5.41) is 1.96. The number of nitrogens with one attached hydrogen (secondary N) is 1. The van der Waals surface area contributed by atoms with Gasteiger partial charge in [-0.05, 0) is 6.42 Å². The van der Waals surface area contributed by atoms with Crippen LogP contribution in [0.5, 0.6) is 0 Å². The molecule has 0 fully saturated rings. The van der Waals surface area contributed by atoms with Crippen molar-refractivity contribution in [3.63, 3.8) is 0 Å². The fourth-order valence-corrected chi connectivity index (χ4v) is 0.417. The Balaban J connectivity index is 3.13. The van der Waals surface area contributed by atoms with Crippen molar-refractivity contribution < 1.29 is 14.3 Å². The van der Waals surface area contributed by atoms with Gasteiger partial charge in [0.2, 0.25) is 6.41 Å². The summed E-state index contributed by atoms with van der Waals surface area (Å²) in [7, 11) is 0. The lowest BCUT2D eigenvalue weighted by atomic mass is 10.5. The number of ether oxygens (including phenoxy) is 1. The Morgan fingerprint density at radius 1 is 1.70 bits per heavy atom. The second-order valence-electron chi connectivity index (χ2n) is 1.74. The molecule has 0 aromatic carbocycles. The van der Waals surface area contributed by atoms with E-state index in [-0.39, 0.29) is 6.61 Å². The summed E-state index contributed by atoms with van der Waals surface area (Å²) in [5.41, 5.74) is 0. The third-order valence-corrected chi connectivity index (χ3v) is 0.802. The van der Waals surface area contributed by atoms with Gasteiger partial charge >= 0.3 is 0 Å². The van der Waals surface area contributed by atoms with E-state index in [4.69, 9.17) is 4.74 Å². The number of carbonyl (C=O) groups is 2. The number of hydrogen-bond acceptors (Lipinski definition) is 3. The third kappa shape index (κ3) is 5.24. The van der Waals surface area contributed by atoms with Crippen LogP contribution in [-0.2, 0) is 14.3 Å². The van der Waals surface area contributed by atoms with Gasteiger partial charge in [-0.2, -0.15) is 0 Å². The molecule has 0 spiro atoms. The van der Waals surface area contributed by atoms with Gasteiger partial charge in [0, 0.05) is 6.61 Å². The van der Waals surface area contributed by atoms with Gasteiger partial charge in [-0.15, -0.1) is 0 Å². The summed E-state index contributed by atoms with van der Waals surface area (Å²) in [6.07, 6.45) is 1.21. The van der Waals surface area contributed by atoms with E-state index in [0.717, 1.165) is 6.42 Å². The molecule has 0 aromatic rings. The zero-order valence-electron chi connectivity index (χ0n) is 5.92. The highest BCUT2D eigenvalue weighted by Gasteiger charge is 1.96. The molecule has 0 rings (SSSR count). The van der Waals surface area contributed by atoms with Crippen molar-refractivity contribution in [2.75, 3.05) is 13.2 Å². The summed E-state index contributed by atoms with van der Waals surface area (Å²) >= 11 is 0. The summed E-state index contributed by atoms with van der Waals surface area (Å²) < 4.78 is 4.83. The lowest BCUT2D eigenvalue weighted by Gasteiger charge is -1.98. The van der Waals surface area contributed by atoms with Crippen molar-refractivity contribution in [1.29, 1.82) is 0 Å². The molecule has 0 aliphatic carbocycles. The van der Waals surface area contributed by atoms with Gasteiger partial charge in [0.05, 0.1) is 0 Å². The van der Waals surface area contributed by atoms with E-state index in [1.807, 2.05) is 12.2 Å². The number of amides is 2. The fourth-order valence-electron chi connectivity index (χ4n) is 0.417. The van der Waals surface area contributed by atoms with E-state index >= 15 is 0 Å². The maximum atomic E-state index is 10.5. The van der Waals surface area contributed by atoms with E-state index in [1.54, 1.807) is 0 Å². The molecule has 0 saturated heterocycles. The maximum absolute atomic E-state index is 10.5. The molecule has 0 heterocycles. The number of hydrogen-bond donors (Lipinski definition) is 1. The molecule has 0 radical (unpaired) electrons. The van der Waals surface area contributed by atoms with E-state index in [9.17, 15) is 9.59 Å². The second kappa shape index (κ2) is 6.22. The molecule has 10 heavy (non-hydrogen) atoms. The van der Waals surface area contributed by atoms with Crippen LogP contribution in [0.1, 0.15) is 13.3 Å². The first-order valence-corrected chi connectivity index (χ1v) is 3.12. The van der Waals surface area contributed by atoms with Crippen LogP contribution in [0.3, 0.4) is 0 Å². The molecule has 0 unspecified atom stereocenters. The lowest BCUT2D eigenvalue weighted by Crippen LogP contribution is -2.26. The largest absolute Gasteiger partial charge is 0.372 e. The molecule has 4 nitrogen and oxygen atoms in total. The highest BCUT2D eigenvalue weighted by atomic mass is 16.5. The molecule has 1 N–H and O–H groups in total. The predicted octanol–water partition coefficient (Wildman–Crippen LogP) is -0.314. The number of imide groups is 1. The first-order chi connectivity index (χ1) is 4.81. The first-order valence-electron chi connectivity index (χ1n) is 3.12. The minimum Gasteiger partial charge on any atom is -0.372 e. The van der Waals surface area contributed by atoms with Crippen molar-refractivity contribution in [2.45, 2.75) is 13.3 Å². The van der Waals surface area contributed by atoms with Gasteiger partial charge in [0.15, 0.2) is 0 Å². The molecule has 58 valence electrons. The van der Waals surface area contributed by atoms with Gasteiger partial charge in [-0.3, -0.25) is 14.9 Å². The number of rotatable bonds is 5. The topological polar surface area (TPSA) is 55.4 Å². The Kier molecular flexibility index (Phi) is 5.66. The molecule has 0 aliphatic heterocycles. The molecular formula is C6H11NO3. The molecule has 0 aliphatic rings. The average molecular weight is 145 g/mol. The molecule has 4 heteroatoms. The zero-order chi connectivity index (χ0) is 7.82. The Morgan fingerprint density at radius 2 is 2.40 bits per heavy atom. The van der Waals surface area contributed by atoms with Crippen LogP contribution < -0.4 is 5.32 Å². The van der Waals surface area contributed by atoms with E-state index in [0.29, 0.717) is 13.0 Å². The minimum atomic E-state index is -0.400. The van der Waals surface area contributed by atoms with Crippen molar-refractivity contribution in [3.05, 3.63) is 0 Å². The van der Waals surface area contributed by atoms with Crippen molar-refractivity contribution in [1.82, 2.24) is 5.32 Å². The Hall–Kier alpha value is -0.900. The van der Waals surface area contributed by atoms with Crippen LogP contribution in [0.4, 0.5) is 0 Å². The van der Waals surface area contributed by atoms with Crippen LogP contribution in [0.25, 0.3) is 0 Å². The lowest BCUT2D eigenvalue weighted by molar-refractivity contribution is -0.128. The normalized spacial score (nSPS) is 8.90. The van der Waals surface area contributed by atoms with Crippen molar-refractivity contribution in [2.24, 2.45) is 0 Å². The zero-order valence-corrected chi connectivity index (χ0v) is 5.92. The molecule has 0 saturated carbocycles. The molecule has 2 amide bonds. The summed E-state index contributed by atoms with van der Waals surface area (Å²) in [4.78, 5) is 20.1. The van der Waals surface area contributed by atoms with Crippen molar-refractivity contribution in [3.8, 4) is 0 Å². The SMILES string of the molecule is CCCOCC(=O)NC=O. The average Bonchev–Trinajstić information content (AvgIpc) is 1.89. The van der Waals surface area contributed by atoms with Gasteiger partial charge in [-0.25, -0.2) is 0 Å². The fraction of sp³-hybridized carbons (Fsp3) is 0.667. The van der Waals surface area contributed by atoms with E-state index < -0.39 is 5.91 Å². The van der Waals surface area contributed by atoms with Crippen LogP contribution >= 0.6 is 0 Å². The maximum Gasteiger partial charge on any atom is 0.252 e. The Morgan fingerprint density at radius 3 is 2.90 bits per heavy atom. The van der Waals surface area contributed by atoms with Crippen LogP contribution in [-0.4, -0.2) is 25.5 Å². The second-order valence-corrected chi connectivity index (χ2v) is 1.74. The molecule has 0 bridgehead atoms. The monoisotopic (exact) mass is 145 g/mol. The Labute approximate surface area is 59.6 Å². The van der Waals surface area contributed by atoms with Crippen molar-refractivity contribution >= 4 is 12.3 Å². The standard InChI is InChI=1S/C6H11NO3/c1-2-3-10-4-6(9)7-5-8/h5H,2-4H2,1H3,(H,7,8,9). The molecular weight excluding hydrogens is 134 g/mol. The minimum absolute atomic E-state index is 0.0351. The van der Waals surface area contributed by atoms with Gasteiger partial charge in [0.25, 0.3) is 5.91 Å². The smallest absolute Gasteiger partial charge is 0.252 e.